The zero-order valence-corrected chi connectivity index (χ0v) is 10.4. The summed E-state index contributed by atoms with van der Waals surface area (Å²) in [4.78, 5) is 11.8. The van der Waals surface area contributed by atoms with Gasteiger partial charge in [-0.1, -0.05) is 11.6 Å². The second-order valence-corrected chi connectivity index (χ2v) is 5.24. The van der Waals surface area contributed by atoms with Crippen molar-refractivity contribution in [1.29, 1.82) is 0 Å². The Bertz CT molecular complexity index is 375. The molecule has 0 aromatic heterocycles. The number of rotatable bonds is 4. The average molecular weight is 257 g/mol. The Hall–Kier alpha value is -0.510. The van der Waals surface area contributed by atoms with E-state index in [0.29, 0.717) is 16.7 Å². The van der Waals surface area contributed by atoms with E-state index < -0.39 is 0 Å². The fourth-order valence-electron chi connectivity index (χ4n) is 1.69. The van der Waals surface area contributed by atoms with E-state index in [1.807, 2.05) is 6.07 Å². The molecule has 1 aromatic rings. The van der Waals surface area contributed by atoms with Gasteiger partial charge < -0.3 is 4.74 Å². The van der Waals surface area contributed by atoms with Gasteiger partial charge in [-0.05, 0) is 31.0 Å². The molecule has 86 valence electrons. The Kier molecular flexibility index (Phi) is 4.27. The van der Waals surface area contributed by atoms with Gasteiger partial charge in [-0.3, -0.25) is 4.79 Å². The minimum absolute atomic E-state index is 0.323. The number of benzene rings is 1. The molecule has 0 N–H and O–H groups in total. The number of aldehydes is 1. The van der Waals surface area contributed by atoms with Gasteiger partial charge in [0.25, 0.3) is 0 Å². The number of hydrogen-bond donors (Lipinski definition) is 0. The van der Waals surface area contributed by atoms with Gasteiger partial charge in [0, 0.05) is 27.8 Å². The van der Waals surface area contributed by atoms with Gasteiger partial charge in [0.15, 0.2) is 6.29 Å². The van der Waals surface area contributed by atoms with Gasteiger partial charge in [-0.2, -0.15) is 0 Å². The first-order chi connectivity index (χ1) is 7.79. The lowest BCUT2D eigenvalue weighted by Crippen LogP contribution is -2.07. The Morgan fingerprint density at radius 1 is 1.56 bits per heavy atom. The van der Waals surface area contributed by atoms with E-state index in [1.54, 1.807) is 23.9 Å². The lowest BCUT2D eigenvalue weighted by molar-refractivity contribution is 0.112. The number of carbonyl (C=O) groups excluding carboxylic acids is 1. The lowest BCUT2D eigenvalue weighted by Gasteiger charge is -2.10. The molecule has 1 heterocycles. The smallest absolute Gasteiger partial charge is 0.151 e. The Balaban J connectivity index is 2.01. The zero-order chi connectivity index (χ0) is 11.4. The van der Waals surface area contributed by atoms with E-state index in [0.717, 1.165) is 36.4 Å². The van der Waals surface area contributed by atoms with Crippen molar-refractivity contribution in [2.75, 3.05) is 12.4 Å². The highest BCUT2D eigenvalue weighted by Crippen LogP contribution is 2.28. The third kappa shape index (κ3) is 3.00. The lowest BCUT2D eigenvalue weighted by atomic mass is 10.2. The molecule has 0 bridgehead atoms. The highest BCUT2D eigenvalue weighted by Gasteiger charge is 2.16. The Morgan fingerprint density at radius 2 is 2.44 bits per heavy atom. The van der Waals surface area contributed by atoms with Gasteiger partial charge in [-0.25, -0.2) is 0 Å². The van der Waals surface area contributed by atoms with Crippen molar-refractivity contribution >= 4 is 29.6 Å². The normalized spacial score (nSPS) is 19.9. The van der Waals surface area contributed by atoms with Gasteiger partial charge >= 0.3 is 0 Å². The molecule has 16 heavy (non-hydrogen) atoms. The van der Waals surface area contributed by atoms with Crippen molar-refractivity contribution in [2.45, 2.75) is 23.8 Å². The molecule has 0 radical (unpaired) electrons. The zero-order valence-electron chi connectivity index (χ0n) is 8.82. The minimum atomic E-state index is 0.323. The molecule has 0 spiro atoms. The van der Waals surface area contributed by atoms with E-state index in [-0.39, 0.29) is 0 Å². The molecule has 1 aliphatic heterocycles. The predicted octanol–water partition coefficient (Wildman–Crippen LogP) is 3.42. The fraction of sp³-hybridized carbons (Fsp3) is 0.417. The van der Waals surface area contributed by atoms with Crippen molar-refractivity contribution in [3.05, 3.63) is 28.8 Å². The van der Waals surface area contributed by atoms with Crippen LogP contribution in [0.3, 0.4) is 0 Å². The van der Waals surface area contributed by atoms with E-state index in [2.05, 4.69) is 0 Å². The van der Waals surface area contributed by atoms with Crippen LogP contribution in [-0.2, 0) is 4.74 Å². The van der Waals surface area contributed by atoms with Gasteiger partial charge in [0.05, 0.1) is 6.10 Å². The van der Waals surface area contributed by atoms with Crippen LogP contribution in [0, 0.1) is 0 Å². The maximum Gasteiger partial charge on any atom is 0.151 e. The van der Waals surface area contributed by atoms with Crippen LogP contribution in [0.1, 0.15) is 23.2 Å². The number of carbonyl (C=O) groups is 1. The van der Waals surface area contributed by atoms with Crippen LogP contribution in [0.25, 0.3) is 0 Å². The highest BCUT2D eigenvalue weighted by atomic mass is 35.5. The number of ether oxygens (including phenoxy) is 1. The topological polar surface area (TPSA) is 26.3 Å². The van der Waals surface area contributed by atoms with Crippen LogP contribution in [0.15, 0.2) is 23.1 Å². The SMILES string of the molecule is O=Cc1ccc(Cl)cc1SCC1CCCO1. The second kappa shape index (κ2) is 5.71. The molecule has 1 saturated heterocycles. The average Bonchev–Trinajstić information content (AvgIpc) is 2.79. The van der Waals surface area contributed by atoms with E-state index in [4.69, 9.17) is 16.3 Å². The molecular formula is C12H13ClO2S. The monoisotopic (exact) mass is 256 g/mol. The van der Waals surface area contributed by atoms with Gasteiger partial charge in [0.1, 0.15) is 0 Å². The van der Waals surface area contributed by atoms with Crippen molar-refractivity contribution in [2.24, 2.45) is 0 Å². The van der Waals surface area contributed by atoms with Gasteiger partial charge in [0.2, 0.25) is 0 Å². The van der Waals surface area contributed by atoms with Crippen LogP contribution in [-0.4, -0.2) is 24.7 Å². The van der Waals surface area contributed by atoms with Crippen molar-refractivity contribution < 1.29 is 9.53 Å². The third-order valence-corrected chi connectivity index (χ3v) is 3.99. The number of thioether (sulfide) groups is 1. The van der Waals surface area contributed by atoms with E-state index >= 15 is 0 Å². The number of hydrogen-bond acceptors (Lipinski definition) is 3. The molecule has 1 aromatic carbocycles. The van der Waals surface area contributed by atoms with Gasteiger partial charge in [-0.15, -0.1) is 11.8 Å². The summed E-state index contributed by atoms with van der Waals surface area (Å²) in [6.07, 6.45) is 3.45. The molecule has 0 saturated carbocycles. The maximum absolute atomic E-state index is 10.8. The first-order valence-corrected chi connectivity index (χ1v) is 6.65. The maximum atomic E-state index is 10.8. The molecule has 4 heteroatoms. The standard InChI is InChI=1S/C12H13ClO2S/c13-10-4-3-9(7-14)12(6-10)16-8-11-2-1-5-15-11/h3-4,6-7,11H,1-2,5,8H2. The summed E-state index contributed by atoms with van der Waals surface area (Å²) in [5, 5.41) is 0.667. The molecule has 2 nitrogen and oxygen atoms in total. The Labute approximate surface area is 104 Å². The van der Waals surface area contributed by atoms with Crippen LogP contribution in [0.2, 0.25) is 5.02 Å². The van der Waals surface area contributed by atoms with E-state index in [1.165, 1.54) is 0 Å². The molecule has 2 rings (SSSR count). The third-order valence-electron chi connectivity index (χ3n) is 2.55. The summed E-state index contributed by atoms with van der Waals surface area (Å²) in [6, 6.07) is 5.33. The second-order valence-electron chi connectivity index (χ2n) is 3.75. The summed E-state index contributed by atoms with van der Waals surface area (Å²) in [7, 11) is 0. The van der Waals surface area contributed by atoms with Crippen molar-refractivity contribution in [3.8, 4) is 0 Å². The summed E-state index contributed by atoms with van der Waals surface area (Å²) in [5.41, 5.74) is 0.701. The summed E-state index contributed by atoms with van der Waals surface area (Å²) in [6.45, 7) is 0.862. The van der Waals surface area contributed by atoms with Crippen LogP contribution in [0.4, 0.5) is 0 Å². The molecule has 0 aliphatic carbocycles. The van der Waals surface area contributed by atoms with Crippen molar-refractivity contribution in [1.82, 2.24) is 0 Å². The molecule has 1 aliphatic rings. The molecular weight excluding hydrogens is 244 g/mol. The first kappa shape index (κ1) is 12.0. The first-order valence-electron chi connectivity index (χ1n) is 5.29. The summed E-state index contributed by atoms with van der Waals surface area (Å²) in [5.74, 6) is 0.890. The quantitative estimate of drug-likeness (QED) is 0.610. The summed E-state index contributed by atoms with van der Waals surface area (Å²) >= 11 is 7.55. The highest BCUT2D eigenvalue weighted by molar-refractivity contribution is 7.99. The Morgan fingerprint density at radius 3 is 3.12 bits per heavy atom. The predicted molar refractivity (Wildman–Crippen MR) is 66.5 cm³/mol. The molecule has 1 unspecified atom stereocenters. The van der Waals surface area contributed by atoms with Crippen LogP contribution in [0.5, 0.6) is 0 Å². The largest absolute Gasteiger partial charge is 0.377 e. The van der Waals surface area contributed by atoms with Crippen LogP contribution >= 0.6 is 23.4 Å². The van der Waals surface area contributed by atoms with E-state index in [9.17, 15) is 4.79 Å². The van der Waals surface area contributed by atoms with Crippen LogP contribution < -0.4 is 0 Å². The van der Waals surface area contributed by atoms with Crippen molar-refractivity contribution in [3.63, 3.8) is 0 Å². The number of halogens is 1. The molecule has 1 atom stereocenters. The fourth-order valence-corrected chi connectivity index (χ4v) is 3.05. The molecule has 0 amide bonds. The molecule has 1 fully saturated rings. The summed E-state index contributed by atoms with van der Waals surface area (Å²) < 4.78 is 5.54. The minimum Gasteiger partial charge on any atom is -0.377 e.